The van der Waals surface area contributed by atoms with Crippen LogP contribution in [0.5, 0.6) is 0 Å². The summed E-state index contributed by atoms with van der Waals surface area (Å²) in [6, 6.07) is 35.9. The second kappa shape index (κ2) is 27.5. The van der Waals surface area contributed by atoms with Crippen molar-refractivity contribution in [3.8, 4) is 22.3 Å². The monoisotopic (exact) mass is 1130 g/mol. The lowest BCUT2D eigenvalue weighted by Gasteiger charge is -2.36. The molecule has 16 nitrogen and oxygen atoms in total. The first kappa shape index (κ1) is 58.3. The summed E-state index contributed by atoms with van der Waals surface area (Å²) < 4.78 is 22.3. The molecular formula is C68H82N10O6. The molecule has 0 aliphatic carbocycles. The lowest BCUT2D eigenvalue weighted by atomic mass is 9.97. The number of morpholine rings is 2. The molecule has 0 bridgehead atoms. The number of aryl methyl sites for hydroxylation is 4. The maximum Gasteiger partial charge on any atom is 0.253 e. The minimum atomic E-state index is -0.0602. The van der Waals surface area contributed by atoms with Gasteiger partial charge < -0.3 is 49.8 Å². The maximum atomic E-state index is 12.8. The molecule has 8 aromatic rings. The van der Waals surface area contributed by atoms with Crippen LogP contribution in [0.2, 0.25) is 0 Å². The molecule has 12 rings (SSSR count). The van der Waals surface area contributed by atoms with Crippen LogP contribution >= 0.6 is 0 Å². The van der Waals surface area contributed by atoms with Gasteiger partial charge in [-0.1, -0.05) is 48.5 Å². The molecule has 4 aliphatic rings. The highest BCUT2D eigenvalue weighted by Crippen LogP contribution is 2.39. The fraction of sp³-hybridized carbons (Fsp3) is 0.412. The van der Waals surface area contributed by atoms with Crippen molar-refractivity contribution < 1.29 is 18.9 Å². The Hall–Kier alpha value is -7.44. The molecule has 84 heavy (non-hydrogen) atoms. The van der Waals surface area contributed by atoms with Gasteiger partial charge in [0, 0.05) is 165 Å². The maximum absolute atomic E-state index is 12.8. The Labute approximate surface area is 493 Å². The summed E-state index contributed by atoms with van der Waals surface area (Å²) in [5.74, 6) is 1.55. The van der Waals surface area contributed by atoms with Gasteiger partial charge in [-0.25, -0.2) is 9.97 Å². The predicted octanol–water partition coefficient (Wildman–Crippen LogP) is 10.9. The lowest BCUT2D eigenvalue weighted by Crippen LogP contribution is -2.39. The number of pyridine rings is 4. The van der Waals surface area contributed by atoms with Crippen molar-refractivity contribution in [2.75, 3.05) is 106 Å². The number of hydrogen-bond acceptors (Lipinski definition) is 14. The summed E-state index contributed by atoms with van der Waals surface area (Å²) in [4.78, 5) is 48.2. The summed E-state index contributed by atoms with van der Waals surface area (Å²) in [5, 5.41) is 15.2. The van der Waals surface area contributed by atoms with E-state index in [1.807, 2.05) is 52.2 Å². The number of nitrogens with zero attached hydrogens (tertiary/aromatic N) is 5. The van der Waals surface area contributed by atoms with Crippen LogP contribution < -0.4 is 32.0 Å². The normalized spacial score (nSPS) is 16.5. The minimum absolute atomic E-state index is 0.0551. The third-order valence-electron chi connectivity index (χ3n) is 17.0. The van der Waals surface area contributed by atoms with E-state index in [4.69, 9.17) is 28.9 Å². The van der Waals surface area contributed by atoms with E-state index >= 15 is 0 Å². The number of nitrogens with one attached hydrogen (secondary N) is 5. The van der Waals surface area contributed by atoms with Gasteiger partial charge in [-0.2, -0.15) is 0 Å². The first-order chi connectivity index (χ1) is 41.0. The van der Waals surface area contributed by atoms with Crippen LogP contribution in [-0.4, -0.2) is 127 Å². The van der Waals surface area contributed by atoms with Gasteiger partial charge in [0.05, 0.1) is 26.4 Å². The number of aromatic nitrogens is 4. The van der Waals surface area contributed by atoms with E-state index < -0.39 is 0 Å². The number of hydrogen-bond donors (Lipinski definition) is 5. The number of fused-ring (bicyclic) bond motifs is 2. The summed E-state index contributed by atoms with van der Waals surface area (Å²) in [6.45, 7) is 23.9. The van der Waals surface area contributed by atoms with Crippen LogP contribution in [0.1, 0.15) is 77.4 Å². The highest BCUT2D eigenvalue weighted by molar-refractivity contribution is 6.04. The van der Waals surface area contributed by atoms with Crippen LogP contribution in [-0.2, 0) is 45.1 Å². The van der Waals surface area contributed by atoms with Crippen molar-refractivity contribution in [2.45, 2.75) is 98.6 Å². The molecule has 0 unspecified atom stereocenters. The molecule has 0 atom stereocenters. The highest BCUT2D eigenvalue weighted by atomic mass is 16.5. The molecule has 4 saturated heterocycles. The van der Waals surface area contributed by atoms with Crippen LogP contribution in [0.3, 0.4) is 0 Å². The van der Waals surface area contributed by atoms with Gasteiger partial charge in [0.1, 0.15) is 11.6 Å². The Kier molecular flexibility index (Phi) is 19.1. The molecule has 5 N–H and O–H groups in total. The van der Waals surface area contributed by atoms with E-state index in [0.29, 0.717) is 25.2 Å². The van der Waals surface area contributed by atoms with Crippen LogP contribution in [0.4, 0.5) is 23.0 Å². The van der Waals surface area contributed by atoms with Crippen molar-refractivity contribution in [3.63, 3.8) is 0 Å². The zero-order chi connectivity index (χ0) is 57.9. The zero-order valence-electron chi connectivity index (χ0n) is 49.6. The van der Waals surface area contributed by atoms with Crippen molar-refractivity contribution >= 4 is 44.6 Å². The molecule has 0 amide bonds. The second-order valence-corrected chi connectivity index (χ2v) is 23.0. The predicted molar refractivity (Wildman–Crippen MR) is 339 cm³/mol. The largest absolute Gasteiger partial charge is 0.382 e. The second-order valence-electron chi connectivity index (χ2n) is 23.0. The first-order valence-electron chi connectivity index (χ1n) is 30.2. The van der Waals surface area contributed by atoms with Crippen molar-refractivity contribution in [2.24, 2.45) is 0 Å². The minimum Gasteiger partial charge on any atom is -0.382 e. The van der Waals surface area contributed by atoms with E-state index in [0.717, 1.165) is 214 Å². The number of H-pyrrole nitrogens is 2. The Balaban J connectivity index is 0.000000176. The first-order valence-corrected chi connectivity index (χ1v) is 30.2. The molecule has 4 aromatic carbocycles. The van der Waals surface area contributed by atoms with Gasteiger partial charge in [0.25, 0.3) is 11.1 Å². The molecular weight excluding hydrogens is 1050 g/mol. The average molecular weight is 1140 g/mol. The molecule has 4 aromatic heterocycles. The molecule has 440 valence electrons. The average Bonchev–Trinajstić information content (AvgIpc) is 2.22. The van der Waals surface area contributed by atoms with Gasteiger partial charge in [0.2, 0.25) is 0 Å². The Morgan fingerprint density at radius 3 is 1.46 bits per heavy atom. The Morgan fingerprint density at radius 1 is 0.524 bits per heavy atom. The highest BCUT2D eigenvalue weighted by Gasteiger charge is 2.25. The fourth-order valence-electron chi connectivity index (χ4n) is 12.4. The Morgan fingerprint density at radius 2 is 0.976 bits per heavy atom. The van der Waals surface area contributed by atoms with E-state index in [1.165, 1.54) is 22.4 Å². The standard InChI is InChI=1S/C35H43N5O3.C33H39N5O3/c1-4-40(29-10-15-42-16-11-29)33-21-28(27-7-5-26(6-8-27)23-39-13-17-43-18-14-39)20-31-30(33)9-12-36-34(31)37-22-32-24(2)19-25(3)38-35(32)41;1-22-17-23(2)36-33(39)30(22)20-35-32-29-18-26(25-5-3-24(4-6-25)21-38-11-15-41-16-12-38)19-31(28(29)7-10-34-32)37-27-8-13-40-14-9-27/h5-9,12,19-21,29H,4,10-11,13-18,22-23H2,1-3H3,(H,36,37)(H,38,41);3-7,10,17-19,27,37H,8-9,11-16,20-21H2,1-2H3,(H,34,35)(H,36,39). The molecule has 16 heteroatoms. The number of ether oxygens (including phenoxy) is 4. The topological polar surface area (TPSA) is 174 Å². The van der Waals surface area contributed by atoms with Crippen LogP contribution in [0, 0.1) is 27.7 Å². The number of aromatic amines is 2. The number of anilines is 4. The quantitative estimate of drug-likeness (QED) is 0.0583. The number of benzene rings is 4. The van der Waals surface area contributed by atoms with Crippen LogP contribution in [0.15, 0.2) is 119 Å². The smallest absolute Gasteiger partial charge is 0.253 e. The summed E-state index contributed by atoms with van der Waals surface area (Å²) in [5.41, 5.74) is 14.6. The van der Waals surface area contributed by atoms with Gasteiger partial charge in [-0.05, 0) is 153 Å². The van der Waals surface area contributed by atoms with E-state index in [-0.39, 0.29) is 11.1 Å². The Bertz CT molecular complexity index is 3640. The van der Waals surface area contributed by atoms with Crippen molar-refractivity contribution in [3.05, 3.63) is 175 Å². The zero-order valence-corrected chi connectivity index (χ0v) is 49.6. The number of rotatable bonds is 17. The lowest BCUT2D eigenvalue weighted by molar-refractivity contribution is 0.0341. The van der Waals surface area contributed by atoms with Gasteiger partial charge in [-0.15, -0.1) is 0 Å². The van der Waals surface area contributed by atoms with E-state index in [1.54, 1.807) is 0 Å². The molecule has 4 aliphatic heterocycles. The molecule has 0 spiro atoms. The third-order valence-corrected chi connectivity index (χ3v) is 17.0. The fourth-order valence-corrected chi connectivity index (χ4v) is 12.4. The molecule has 4 fully saturated rings. The van der Waals surface area contributed by atoms with Gasteiger partial charge in [0.15, 0.2) is 0 Å². The summed E-state index contributed by atoms with van der Waals surface area (Å²) in [6.07, 6.45) is 7.70. The van der Waals surface area contributed by atoms with Crippen LogP contribution in [0.25, 0.3) is 43.8 Å². The van der Waals surface area contributed by atoms with E-state index in [9.17, 15) is 9.59 Å². The summed E-state index contributed by atoms with van der Waals surface area (Å²) in [7, 11) is 0. The van der Waals surface area contributed by atoms with Crippen molar-refractivity contribution in [1.29, 1.82) is 0 Å². The van der Waals surface area contributed by atoms with Gasteiger partial charge >= 0.3 is 0 Å². The van der Waals surface area contributed by atoms with E-state index in [2.05, 4.69) is 132 Å². The third kappa shape index (κ3) is 14.2. The molecule has 0 radical (unpaired) electrons. The molecule has 8 heterocycles. The van der Waals surface area contributed by atoms with Crippen molar-refractivity contribution in [1.82, 2.24) is 29.7 Å². The SMILES string of the molecule is CCN(c1cc(-c2ccc(CN3CCOCC3)cc2)cc2c(NCc3c(C)cc(C)[nH]c3=O)nccc12)C1CCOCC1.Cc1cc(C)c(CNc2nccc3c(NC4CCOCC4)cc(-c4ccc(CN5CCOCC5)cc4)cc23)c(=O)[nH]1. The van der Waals surface area contributed by atoms with Gasteiger partial charge in [-0.3, -0.25) is 19.4 Å². The summed E-state index contributed by atoms with van der Waals surface area (Å²) >= 11 is 0. The molecule has 0 saturated carbocycles.